The molecular weight excluding hydrogens is 142 g/mol. The molecule has 0 saturated heterocycles. The summed E-state index contributed by atoms with van der Waals surface area (Å²) in [6, 6.07) is 0. The van der Waals surface area contributed by atoms with Crippen LogP contribution in [0.1, 0.15) is 5.82 Å². The maximum absolute atomic E-state index is 3.98. The Morgan fingerprint density at radius 2 is 2.55 bits per heavy atom. The summed E-state index contributed by atoms with van der Waals surface area (Å²) >= 11 is 0. The first-order valence-corrected chi connectivity index (χ1v) is 3.37. The Balaban J connectivity index is 2.32. The van der Waals surface area contributed by atoms with Crippen LogP contribution in [0.3, 0.4) is 0 Å². The third-order valence-corrected chi connectivity index (χ3v) is 1.12. The van der Waals surface area contributed by atoms with Gasteiger partial charge in [-0.2, -0.15) is 4.80 Å². The van der Waals surface area contributed by atoms with E-state index in [1.807, 2.05) is 0 Å². The van der Waals surface area contributed by atoms with Gasteiger partial charge in [0.1, 0.15) is 0 Å². The maximum Gasteiger partial charge on any atom is 0.188 e. The van der Waals surface area contributed by atoms with Crippen molar-refractivity contribution >= 4 is 0 Å². The van der Waals surface area contributed by atoms with Crippen LogP contribution < -0.4 is 5.32 Å². The van der Waals surface area contributed by atoms with E-state index in [-0.39, 0.29) is 0 Å². The molecule has 0 bridgehead atoms. The van der Waals surface area contributed by atoms with Gasteiger partial charge in [0.25, 0.3) is 0 Å². The number of hydrogen-bond donors (Lipinski definition) is 1. The zero-order valence-electron chi connectivity index (χ0n) is 6.49. The molecule has 60 valence electrons. The van der Waals surface area contributed by atoms with E-state index in [4.69, 9.17) is 0 Å². The van der Waals surface area contributed by atoms with Crippen LogP contribution in [0.5, 0.6) is 0 Å². The molecule has 1 heterocycles. The SMILES string of the molecule is C=CCNCc1nnn(C)n1. The molecule has 1 aromatic heterocycles. The van der Waals surface area contributed by atoms with Crippen LogP contribution >= 0.6 is 0 Å². The monoisotopic (exact) mass is 153 g/mol. The predicted octanol–water partition coefficient (Wildman–Crippen LogP) is -0.514. The van der Waals surface area contributed by atoms with Crippen molar-refractivity contribution in [2.75, 3.05) is 6.54 Å². The molecule has 0 aliphatic rings. The Hall–Kier alpha value is -1.23. The van der Waals surface area contributed by atoms with E-state index in [2.05, 4.69) is 27.3 Å². The van der Waals surface area contributed by atoms with Gasteiger partial charge in [-0.05, 0) is 5.21 Å². The Morgan fingerprint density at radius 3 is 3.09 bits per heavy atom. The molecule has 0 amide bonds. The standard InChI is InChI=1S/C6H11N5/c1-3-4-7-5-6-8-10-11(2)9-6/h3,7H,1,4-5H2,2H3. The summed E-state index contributed by atoms with van der Waals surface area (Å²) in [5.74, 6) is 0.703. The van der Waals surface area contributed by atoms with E-state index in [1.165, 1.54) is 4.80 Å². The third kappa shape index (κ3) is 2.46. The number of aromatic nitrogens is 4. The molecule has 0 unspecified atom stereocenters. The van der Waals surface area contributed by atoms with E-state index in [9.17, 15) is 0 Å². The Morgan fingerprint density at radius 1 is 1.73 bits per heavy atom. The highest BCUT2D eigenvalue weighted by molar-refractivity contribution is 4.77. The normalized spacial score (nSPS) is 9.91. The fourth-order valence-corrected chi connectivity index (χ4v) is 0.680. The molecule has 0 atom stereocenters. The first kappa shape index (κ1) is 7.87. The molecule has 11 heavy (non-hydrogen) atoms. The van der Waals surface area contributed by atoms with Crippen LogP contribution in [0.25, 0.3) is 0 Å². The van der Waals surface area contributed by atoms with E-state index < -0.39 is 0 Å². The van der Waals surface area contributed by atoms with Gasteiger partial charge in [-0.15, -0.1) is 16.8 Å². The summed E-state index contributed by atoms with van der Waals surface area (Å²) in [7, 11) is 1.74. The number of hydrogen-bond acceptors (Lipinski definition) is 4. The summed E-state index contributed by atoms with van der Waals surface area (Å²) in [5, 5.41) is 14.5. The van der Waals surface area contributed by atoms with Crippen molar-refractivity contribution in [2.45, 2.75) is 6.54 Å². The minimum atomic E-state index is 0.639. The molecule has 0 fully saturated rings. The van der Waals surface area contributed by atoms with Gasteiger partial charge in [-0.3, -0.25) is 0 Å². The summed E-state index contributed by atoms with van der Waals surface area (Å²) < 4.78 is 0. The molecule has 0 aromatic carbocycles. The summed E-state index contributed by atoms with van der Waals surface area (Å²) in [5.41, 5.74) is 0. The van der Waals surface area contributed by atoms with Gasteiger partial charge >= 0.3 is 0 Å². The first-order chi connectivity index (χ1) is 5.33. The van der Waals surface area contributed by atoms with Crippen molar-refractivity contribution < 1.29 is 0 Å². The van der Waals surface area contributed by atoms with Gasteiger partial charge in [0.15, 0.2) is 5.82 Å². The molecular formula is C6H11N5. The van der Waals surface area contributed by atoms with E-state index in [0.29, 0.717) is 12.4 Å². The lowest BCUT2D eigenvalue weighted by atomic mass is 10.5. The quantitative estimate of drug-likeness (QED) is 0.467. The molecule has 0 saturated carbocycles. The molecule has 0 spiro atoms. The van der Waals surface area contributed by atoms with Crippen LogP contribution in [0, 0.1) is 0 Å². The highest BCUT2D eigenvalue weighted by atomic mass is 15.6. The Bertz CT molecular complexity index is 229. The minimum Gasteiger partial charge on any atom is -0.306 e. The lowest BCUT2D eigenvalue weighted by molar-refractivity contribution is 0.624. The maximum atomic E-state index is 3.98. The third-order valence-electron chi connectivity index (χ3n) is 1.12. The Kier molecular flexibility index (Phi) is 2.74. The van der Waals surface area contributed by atoms with E-state index in [1.54, 1.807) is 13.1 Å². The van der Waals surface area contributed by atoms with Crippen molar-refractivity contribution in [3.63, 3.8) is 0 Å². The molecule has 1 rings (SSSR count). The molecule has 5 nitrogen and oxygen atoms in total. The second-order valence-electron chi connectivity index (χ2n) is 2.11. The number of aryl methyl sites for hydroxylation is 1. The first-order valence-electron chi connectivity index (χ1n) is 3.37. The summed E-state index contributed by atoms with van der Waals surface area (Å²) in [4.78, 5) is 1.44. The second kappa shape index (κ2) is 3.82. The fourth-order valence-electron chi connectivity index (χ4n) is 0.680. The van der Waals surface area contributed by atoms with Gasteiger partial charge in [-0.25, -0.2) is 0 Å². The largest absolute Gasteiger partial charge is 0.306 e. The van der Waals surface area contributed by atoms with Crippen LogP contribution in [0.15, 0.2) is 12.7 Å². The van der Waals surface area contributed by atoms with Crippen LogP contribution in [-0.2, 0) is 13.6 Å². The van der Waals surface area contributed by atoms with Crippen LogP contribution in [-0.4, -0.2) is 26.8 Å². The van der Waals surface area contributed by atoms with Crippen molar-refractivity contribution in [3.05, 3.63) is 18.5 Å². The number of nitrogens with one attached hydrogen (secondary N) is 1. The summed E-state index contributed by atoms with van der Waals surface area (Å²) in [6.07, 6.45) is 1.79. The fraction of sp³-hybridized carbons (Fsp3) is 0.500. The van der Waals surface area contributed by atoms with Crippen molar-refractivity contribution in [3.8, 4) is 0 Å². The molecule has 1 aromatic rings. The minimum absolute atomic E-state index is 0.639. The average Bonchev–Trinajstić information content (AvgIpc) is 2.37. The van der Waals surface area contributed by atoms with E-state index in [0.717, 1.165) is 6.54 Å². The highest BCUT2D eigenvalue weighted by Gasteiger charge is 1.96. The summed E-state index contributed by atoms with van der Waals surface area (Å²) in [6.45, 7) is 4.97. The molecule has 1 N–H and O–H groups in total. The molecule has 0 aliphatic heterocycles. The smallest absolute Gasteiger partial charge is 0.188 e. The number of rotatable bonds is 4. The highest BCUT2D eigenvalue weighted by Crippen LogP contribution is 1.82. The molecule has 0 aliphatic carbocycles. The lowest BCUT2D eigenvalue weighted by Crippen LogP contribution is -2.13. The van der Waals surface area contributed by atoms with Crippen molar-refractivity contribution in [1.82, 2.24) is 25.5 Å². The van der Waals surface area contributed by atoms with E-state index >= 15 is 0 Å². The van der Waals surface area contributed by atoms with Gasteiger partial charge in [-0.1, -0.05) is 6.08 Å². The van der Waals surface area contributed by atoms with Crippen molar-refractivity contribution in [1.29, 1.82) is 0 Å². The van der Waals surface area contributed by atoms with Gasteiger partial charge < -0.3 is 5.32 Å². The lowest BCUT2D eigenvalue weighted by Gasteiger charge is -1.93. The number of tetrazole rings is 1. The Labute approximate surface area is 65.1 Å². The van der Waals surface area contributed by atoms with Crippen molar-refractivity contribution in [2.24, 2.45) is 7.05 Å². The average molecular weight is 153 g/mol. The van der Waals surface area contributed by atoms with Gasteiger partial charge in [0.05, 0.1) is 13.6 Å². The molecule has 0 radical (unpaired) electrons. The molecule has 5 heteroatoms. The van der Waals surface area contributed by atoms with Gasteiger partial charge in [0.2, 0.25) is 0 Å². The predicted molar refractivity (Wildman–Crippen MR) is 40.7 cm³/mol. The number of nitrogens with zero attached hydrogens (tertiary/aromatic N) is 4. The topological polar surface area (TPSA) is 55.6 Å². The van der Waals surface area contributed by atoms with Crippen LogP contribution in [0.2, 0.25) is 0 Å². The van der Waals surface area contributed by atoms with Crippen LogP contribution in [0.4, 0.5) is 0 Å². The zero-order valence-corrected chi connectivity index (χ0v) is 6.49. The zero-order chi connectivity index (χ0) is 8.10. The van der Waals surface area contributed by atoms with Gasteiger partial charge in [0, 0.05) is 6.54 Å². The second-order valence-corrected chi connectivity index (χ2v) is 2.11.